The molecule has 1 atom stereocenters. The molecule has 2 rings (SSSR count). The number of nitrogens with zero attached hydrogens (tertiary/aromatic N) is 1. The van der Waals surface area contributed by atoms with Gasteiger partial charge < -0.3 is 19.1 Å². The van der Waals surface area contributed by atoms with E-state index in [-0.39, 0.29) is 11.8 Å². The Balaban J connectivity index is 2.02. The highest BCUT2D eigenvalue weighted by atomic mass is 16.5. The zero-order valence-electron chi connectivity index (χ0n) is 14.5. The second-order valence-electron chi connectivity index (χ2n) is 6.11. The number of hydrogen-bond donors (Lipinski definition) is 0. The van der Waals surface area contributed by atoms with Crippen molar-refractivity contribution in [3.63, 3.8) is 0 Å². The number of amides is 1. The van der Waals surface area contributed by atoms with Crippen molar-refractivity contribution in [1.82, 2.24) is 4.90 Å². The van der Waals surface area contributed by atoms with Crippen molar-refractivity contribution in [3.8, 4) is 11.5 Å². The van der Waals surface area contributed by atoms with Crippen LogP contribution >= 0.6 is 0 Å². The van der Waals surface area contributed by atoms with Gasteiger partial charge in [0.1, 0.15) is 11.5 Å². The van der Waals surface area contributed by atoms with Crippen LogP contribution in [0.3, 0.4) is 0 Å². The standard InChI is InChI=1S/C18H27NO4/c1-13(14-7-9-23-10-8-14)18(20)19(2)12-15-5-6-16(21-3)11-17(15)22-4/h5-6,11,13-14H,7-10,12H2,1-4H3/t13-/m1/s1. The van der Waals surface area contributed by atoms with E-state index in [1.807, 2.05) is 32.2 Å². The highest BCUT2D eigenvalue weighted by molar-refractivity contribution is 5.78. The lowest BCUT2D eigenvalue weighted by Crippen LogP contribution is -2.36. The highest BCUT2D eigenvalue weighted by Gasteiger charge is 2.28. The summed E-state index contributed by atoms with van der Waals surface area (Å²) in [6.07, 6.45) is 1.93. The molecule has 0 N–H and O–H groups in total. The molecule has 1 fully saturated rings. The molecule has 1 amide bonds. The summed E-state index contributed by atoms with van der Waals surface area (Å²) in [6, 6.07) is 5.67. The van der Waals surface area contributed by atoms with Crippen molar-refractivity contribution in [3.05, 3.63) is 23.8 Å². The molecule has 0 saturated carbocycles. The smallest absolute Gasteiger partial charge is 0.225 e. The van der Waals surface area contributed by atoms with E-state index >= 15 is 0 Å². The summed E-state index contributed by atoms with van der Waals surface area (Å²) in [7, 11) is 5.10. The fourth-order valence-electron chi connectivity index (χ4n) is 3.08. The van der Waals surface area contributed by atoms with E-state index < -0.39 is 0 Å². The maximum absolute atomic E-state index is 12.7. The first-order chi connectivity index (χ1) is 11.1. The maximum atomic E-state index is 12.7. The Labute approximate surface area is 138 Å². The van der Waals surface area contributed by atoms with Crippen molar-refractivity contribution < 1.29 is 19.0 Å². The summed E-state index contributed by atoms with van der Waals surface area (Å²) in [5.41, 5.74) is 0.975. The summed E-state index contributed by atoms with van der Waals surface area (Å²) in [4.78, 5) is 14.5. The quantitative estimate of drug-likeness (QED) is 0.808. The Kier molecular flexibility index (Phi) is 6.28. The Hall–Kier alpha value is -1.75. The Morgan fingerprint density at radius 1 is 1.30 bits per heavy atom. The van der Waals surface area contributed by atoms with Crippen LogP contribution in [0.4, 0.5) is 0 Å². The number of methoxy groups -OCH3 is 2. The van der Waals surface area contributed by atoms with E-state index in [2.05, 4.69) is 0 Å². The van der Waals surface area contributed by atoms with Crippen LogP contribution in [-0.2, 0) is 16.1 Å². The van der Waals surface area contributed by atoms with Crippen molar-refractivity contribution in [2.75, 3.05) is 34.5 Å². The molecular formula is C18H27NO4. The molecule has 0 spiro atoms. The third-order valence-corrected chi connectivity index (χ3v) is 4.64. The number of hydrogen-bond acceptors (Lipinski definition) is 4. The molecular weight excluding hydrogens is 294 g/mol. The van der Waals surface area contributed by atoms with Gasteiger partial charge in [-0.3, -0.25) is 4.79 Å². The van der Waals surface area contributed by atoms with Crippen LogP contribution in [0.5, 0.6) is 11.5 Å². The molecule has 0 aromatic heterocycles. The zero-order valence-corrected chi connectivity index (χ0v) is 14.5. The molecule has 128 valence electrons. The van der Waals surface area contributed by atoms with E-state index in [9.17, 15) is 4.79 Å². The first-order valence-electron chi connectivity index (χ1n) is 8.10. The van der Waals surface area contributed by atoms with Crippen LogP contribution in [0.15, 0.2) is 18.2 Å². The van der Waals surface area contributed by atoms with E-state index in [1.54, 1.807) is 19.1 Å². The largest absolute Gasteiger partial charge is 0.497 e. The predicted octanol–water partition coefficient (Wildman–Crippen LogP) is 2.72. The minimum Gasteiger partial charge on any atom is -0.497 e. The fourth-order valence-corrected chi connectivity index (χ4v) is 3.08. The van der Waals surface area contributed by atoms with Crippen LogP contribution in [0, 0.1) is 11.8 Å². The molecule has 23 heavy (non-hydrogen) atoms. The average Bonchev–Trinajstić information content (AvgIpc) is 2.61. The monoisotopic (exact) mass is 321 g/mol. The molecule has 1 heterocycles. The normalized spacial score (nSPS) is 16.7. The van der Waals surface area contributed by atoms with Crippen LogP contribution in [0.25, 0.3) is 0 Å². The molecule has 0 bridgehead atoms. The number of rotatable bonds is 6. The number of carbonyl (C=O) groups is 1. The third-order valence-electron chi connectivity index (χ3n) is 4.64. The van der Waals surface area contributed by atoms with E-state index in [0.717, 1.165) is 43.1 Å². The third kappa shape index (κ3) is 4.38. The van der Waals surface area contributed by atoms with Crippen LogP contribution in [0.1, 0.15) is 25.3 Å². The molecule has 5 nitrogen and oxygen atoms in total. The summed E-state index contributed by atoms with van der Waals surface area (Å²) in [5, 5.41) is 0. The van der Waals surface area contributed by atoms with Gasteiger partial charge in [-0.1, -0.05) is 6.92 Å². The molecule has 1 aliphatic heterocycles. The van der Waals surface area contributed by atoms with Gasteiger partial charge in [0.05, 0.1) is 14.2 Å². The molecule has 5 heteroatoms. The summed E-state index contributed by atoms with van der Waals surface area (Å²) >= 11 is 0. The first-order valence-corrected chi connectivity index (χ1v) is 8.10. The minimum atomic E-state index is 0.0214. The van der Waals surface area contributed by atoms with Crippen LogP contribution < -0.4 is 9.47 Å². The van der Waals surface area contributed by atoms with Gasteiger partial charge in [-0.05, 0) is 30.9 Å². The molecule has 0 aliphatic carbocycles. The lowest BCUT2D eigenvalue weighted by Gasteiger charge is -2.30. The van der Waals surface area contributed by atoms with Gasteiger partial charge in [-0.25, -0.2) is 0 Å². The first kappa shape index (κ1) is 17.6. The molecule has 1 aromatic carbocycles. The second kappa shape index (κ2) is 8.20. The summed E-state index contributed by atoms with van der Waals surface area (Å²) in [5.74, 6) is 2.09. The van der Waals surface area contributed by atoms with E-state index in [1.165, 1.54) is 0 Å². The van der Waals surface area contributed by atoms with Crippen LogP contribution in [0.2, 0.25) is 0 Å². The van der Waals surface area contributed by atoms with Gasteiger partial charge in [0.2, 0.25) is 5.91 Å². The highest BCUT2D eigenvalue weighted by Crippen LogP contribution is 2.28. The van der Waals surface area contributed by atoms with Crippen molar-refractivity contribution in [2.45, 2.75) is 26.3 Å². The van der Waals surface area contributed by atoms with E-state index in [0.29, 0.717) is 12.5 Å². The maximum Gasteiger partial charge on any atom is 0.225 e. The molecule has 1 saturated heterocycles. The van der Waals surface area contributed by atoms with Crippen molar-refractivity contribution in [1.29, 1.82) is 0 Å². The fraction of sp³-hybridized carbons (Fsp3) is 0.611. The second-order valence-corrected chi connectivity index (χ2v) is 6.11. The van der Waals surface area contributed by atoms with Gasteiger partial charge >= 0.3 is 0 Å². The van der Waals surface area contributed by atoms with Gasteiger partial charge in [-0.2, -0.15) is 0 Å². The molecule has 1 aliphatic rings. The predicted molar refractivity (Wildman–Crippen MR) is 88.7 cm³/mol. The topological polar surface area (TPSA) is 48.0 Å². The zero-order chi connectivity index (χ0) is 16.8. The average molecular weight is 321 g/mol. The Bertz CT molecular complexity index is 526. The van der Waals surface area contributed by atoms with E-state index in [4.69, 9.17) is 14.2 Å². The van der Waals surface area contributed by atoms with Crippen molar-refractivity contribution in [2.24, 2.45) is 11.8 Å². The van der Waals surface area contributed by atoms with Gasteiger partial charge in [0.15, 0.2) is 0 Å². The van der Waals surface area contributed by atoms with Crippen molar-refractivity contribution >= 4 is 5.91 Å². The Morgan fingerprint density at radius 2 is 2.00 bits per heavy atom. The lowest BCUT2D eigenvalue weighted by atomic mass is 9.86. The summed E-state index contributed by atoms with van der Waals surface area (Å²) in [6.45, 7) is 4.08. The Morgan fingerprint density at radius 3 is 2.61 bits per heavy atom. The van der Waals surface area contributed by atoms with Gasteiger partial charge in [0.25, 0.3) is 0 Å². The number of ether oxygens (including phenoxy) is 3. The minimum absolute atomic E-state index is 0.0214. The number of benzene rings is 1. The molecule has 0 unspecified atom stereocenters. The van der Waals surface area contributed by atoms with Gasteiger partial charge in [0, 0.05) is 44.4 Å². The van der Waals surface area contributed by atoms with Crippen LogP contribution in [-0.4, -0.2) is 45.3 Å². The lowest BCUT2D eigenvalue weighted by molar-refractivity contribution is -0.137. The number of carbonyl (C=O) groups excluding carboxylic acids is 1. The molecule has 1 aromatic rings. The molecule has 0 radical (unpaired) electrons. The summed E-state index contributed by atoms with van der Waals surface area (Å²) < 4.78 is 16.0. The SMILES string of the molecule is COc1ccc(CN(C)C(=O)[C@H](C)C2CCOCC2)c(OC)c1. The van der Waals surface area contributed by atoms with Gasteiger partial charge in [-0.15, -0.1) is 0 Å².